The van der Waals surface area contributed by atoms with E-state index in [0.717, 1.165) is 5.56 Å². The number of hydrogen-bond acceptors (Lipinski definition) is 4. The van der Waals surface area contributed by atoms with Gasteiger partial charge in [-0.05, 0) is 35.4 Å². The minimum atomic E-state index is -0.263. The third-order valence-corrected chi connectivity index (χ3v) is 5.01. The Morgan fingerprint density at radius 1 is 1.03 bits per heavy atom. The molecule has 6 heteroatoms. The standard InChI is InChI=1S/C24H27N3O3/c1-17(21-13-6-9-18-8-4-5-12-22(18)21)25-15-24(29)27(2)16-23(28)26-19-10-7-11-20(14-19)30-3/h4-14,17,25H,15-16H2,1-3H3,(H,26,28)/t17-/m0/s1. The number of likely N-dealkylation sites (N-methyl/N-ethyl adjacent to an activating group) is 1. The number of nitrogens with one attached hydrogen (secondary N) is 2. The second-order valence-corrected chi connectivity index (χ2v) is 7.20. The number of carbonyl (C=O) groups excluding carboxylic acids is 2. The summed E-state index contributed by atoms with van der Waals surface area (Å²) in [5.41, 5.74) is 1.77. The lowest BCUT2D eigenvalue weighted by atomic mass is 10.00. The quantitative estimate of drug-likeness (QED) is 0.601. The highest BCUT2D eigenvalue weighted by Gasteiger charge is 2.15. The fourth-order valence-electron chi connectivity index (χ4n) is 3.32. The van der Waals surface area contributed by atoms with Crippen molar-refractivity contribution in [3.8, 4) is 5.75 Å². The van der Waals surface area contributed by atoms with Gasteiger partial charge in [0.2, 0.25) is 11.8 Å². The maximum Gasteiger partial charge on any atom is 0.243 e. The van der Waals surface area contributed by atoms with E-state index in [9.17, 15) is 9.59 Å². The molecule has 6 nitrogen and oxygen atoms in total. The first-order chi connectivity index (χ1) is 14.5. The molecule has 0 saturated carbocycles. The minimum absolute atomic E-state index is 0.000870. The van der Waals surface area contributed by atoms with Crippen molar-refractivity contribution in [2.24, 2.45) is 0 Å². The molecule has 2 amide bonds. The Balaban J connectivity index is 1.53. The number of methoxy groups -OCH3 is 1. The molecule has 0 unspecified atom stereocenters. The van der Waals surface area contributed by atoms with Gasteiger partial charge in [0.1, 0.15) is 5.75 Å². The van der Waals surface area contributed by atoms with E-state index in [1.807, 2.05) is 25.1 Å². The molecule has 0 radical (unpaired) electrons. The molecule has 3 aromatic rings. The highest BCUT2D eigenvalue weighted by Crippen LogP contribution is 2.23. The molecule has 1 atom stereocenters. The molecular weight excluding hydrogens is 378 g/mol. The van der Waals surface area contributed by atoms with Gasteiger partial charge in [0.15, 0.2) is 0 Å². The number of ether oxygens (including phenoxy) is 1. The summed E-state index contributed by atoms with van der Waals surface area (Å²) in [5, 5.41) is 8.38. The number of anilines is 1. The number of fused-ring (bicyclic) bond motifs is 1. The van der Waals surface area contributed by atoms with Gasteiger partial charge in [0.25, 0.3) is 0 Å². The van der Waals surface area contributed by atoms with Crippen LogP contribution in [0.25, 0.3) is 10.8 Å². The van der Waals surface area contributed by atoms with E-state index in [1.165, 1.54) is 15.7 Å². The van der Waals surface area contributed by atoms with Gasteiger partial charge in [0, 0.05) is 24.8 Å². The fourth-order valence-corrected chi connectivity index (χ4v) is 3.32. The van der Waals surface area contributed by atoms with Crippen LogP contribution in [-0.4, -0.2) is 44.0 Å². The van der Waals surface area contributed by atoms with E-state index in [4.69, 9.17) is 4.74 Å². The van der Waals surface area contributed by atoms with Gasteiger partial charge in [-0.2, -0.15) is 0 Å². The maximum atomic E-state index is 12.5. The van der Waals surface area contributed by atoms with E-state index < -0.39 is 0 Å². The van der Waals surface area contributed by atoms with E-state index in [-0.39, 0.29) is 30.9 Å². The molecule has 0 aliphatic rings. The molecule has 2 N–H and O–H groups in total. The van der Waals surface area contributed by atoms with Crippen molar-refractivity contribution in [3.05, 3.63) is 72.3 Å². The molecule has 0 fully saturated rings. The number of carbonyl (C=O) groups is 2. The van der Waals surface area contributed by atoms with E-state index in [2.05, 4.69) is 34.9 Å². The molecule has 0 aliphatic carbocycles. The van der Waals surface area contributed by atoms with Crippen molar-refractivity contribution in [1.82, 2.24) is 10.2 Å². The van der Waals surface area contributed by atoms with Gasteiger partial charge in [-0.3, -0.25) is 9.59 Å². The van der Waals surface area contributed by atoms with Gasteiger partial charge in [-0.25, -0.2) is 0 Å². The monoisotopic (exact) mass is 405 g/mol. The summed E-state index contributed by atoms with van der Waals surface area (Å²) in [5.74, 6) is 0.243. The highest BCUT2D eigenvalue weighted by molar-refractivity contribution is 5.94. The van der Waals surface area contributed by atoms with Crippen LogP contribution >= 0.6 is 0 Å². The topological polar surface area (TPSA) is 70.7 Å². The van der Waals surface area contributed by atoms with Crippen LogP contribution in [0.1, 0.15) is 18.5 Å². The van der Waals surface area contributed by atoms with Crippen LogP contribution in [0.3, 0.4) is 0 Å². The largest absolute Gasteiger partial charge is 0.497 e. The predicted molar refractivity (Wildman–Crippen MR) is 120 cm³/mol. The summed E-state index contributed by atoms with van der Waals surface area (Å²) in [6.07, 6.45) is 0. The van der Waals surface area contributed by atoms with Crippen molar-refractivity contribution in [2.45, 2.75) is 13.0 Å². The van der Waals surface area contributed by atoms with Crippen LogP contribution in [0, 0.1) is 0 Å². The second kappa shape index (κ2) is 9.89. The molecule has 156 valence electrons. The van der Waals surface area contributed by atoms with Gasteiger partial charge in [-0.1, -0.05) is 48.5 Å². The second-order valence-electron chi connectivity index (χ2n) is 7.20. The Morgan fingerprint density at radius 3 is 2.57 bits per heavy atom. The molecule has 0 aromatic heterocycles. The van der Waals surface area contributed by atoms with Crippen LogP contribution in [-0.2, 0) is 9.59 Å². The van der Waals surface area contributed by atoms with E-state index in [1.54, 1.807) is 38.4 Å². The lowest BCUT2D eigenvalue weighted by molar-refractivity contribution is -0.132. The third-order valence-electron chi connectivity index (χ3n) is 5.01. The minimum Gasteiger partial charge on any atom is -0.497 e. The maximum absolute atomic E-state index is 12.5. The van der Waals surface area contributed by atoms with Gasteiger partial charge in [-0.15, -0.1) is 0 Å². The Hall–Kier alpha value is -3.38. The molecular formula is C24H27N3O3. The summed E-state index contributed by atoms with van der Waals surface area (Å²) >= 11 is 0. The van der Waals surface area contributed by atoms with Crippen LogP contribution < -0.4 is 15.4 Å². The highest BCUT2D eigenvalue weighted by atomic mass is 16.5. The van der Waals surface area contributed by atoms with E-state index in [0.29, 0.717) is 11.4 Å². The molecule has 0 saturated heterocycles. The Morgan fingerprint density at radius 2 is 1.77 bits per heavy atom. The zero-order chi connectivity index (χ0) is 21.5. The summed E-state index contributed by atoms with van der Waals surface area (Å²) < 4.78 is 5.15. The number of amides is 2. The van der Waals surface area contributed by atoms with Crippen molar-refractivity contribution >= 4 is 28.3 Å². The van der Waals surface area contributed by atoms with Crippen molar-refractivity contribution < 1.29 is 14.3 Å². The van der Waals surface area contributed by atoms with E-state index >= 15 is 0 Å². The summed E-state index contributed by atoms with van der Waals surface area (Å²) in [6.45, 7) is 2.15. The molecule has 30 heavy (non-hydrogen) atoms. The lowest BCUT2D eigenvalue weighted by Gasteiger charge is -2.20. The van der Waals surface area contributed by atoms with Crippen molar-refractivity contribution in [1.29, 1.82) is 0 Å². The zero-order valence-corrected chi connectivity index (χ0v) is 17.5. The average molecular weight is 405 g/mol. The van der Waals surface area contributed by atoms with Crippen molar-refractivity contribution in [3.63, 3.8) is 0 Å². The Labute approximate surface area is 176 Å². The van der Waals surface area contributed by atoms with Crippen LogP contribution in [0.15, 0.2) is 66.7 Å². The van der Waals surface area contributed by atoms with Gasteiger partial charge in [0.05, 0.1) is 20.2 Å². The lowest BCUT2D eigenvalue weighted by Crippen LogP contribution is -2.40. The summed E-state index contributed by atoms with van der Waals surface area (Å²) in [4.78, 5) is 26.2. The molecule has 0 aliphatic heterocycles. The summed E-state index contributed by atoms with van der Waals surface area (Å²) in [7, 11) is 3.19. The normalized spacial score (nSPS) is 11.7. The molecule has 0 spiro atoms. The Bertz CT molecular complexity index is 1030. The average Bonchev–Trinajstić information content (AvgIpc) is 2.76. The van der Waals surface area contributed by atoms with Crippen LogP contribution in [0.4, 0.5) is 5.69 Å². The number of nitrogens with zero attached hydrogens (tertiary/aromatic N) is 1. The van der Waals surface area contributed by atoms with Crippen LogP contribution in [0.5, 0.6) is 5.75 Å². The first kappa shape index (κ1) is 21.3. The third kappa shape index (κ3) is 5.36. The number of rotatable bonds is 8. The van der Waals surface area contributed by atoms with Crippen molar-refractivity contribution in [2.75, 3.05) is 32.6 Å². The number of hydrogen-bond donors (Lipinski definition) is 2. The number of benzene rings is 3. The predicted octanol–water partition coefficient (Wildman–Crippen LogP) is 3.60. The van der Waals surface area contributed by atoms with Gasteiger partial charge < -0.3 is 20.3 Å². The smallest absolute Gasteiger partial charge is 0.243 e. The van der Waals surface area contributed by atoms with Gasteiger partial charge >= 0.3 is 0 Å². The summed E-state index contributed by atoms with van der Waals surface area (Å²) in [6, 6.07) is 21.4. The molecule has 3 rings (SSSR count). The fraction of sp³-hybridized carbons (Fsp3) is 0.250. The first-order valence-corrected chi connectivity index (χ1v) is 9.87. The molecule has 3 aromatic carbocycles. The zero-order valence-electron chi connectivity index (χ0n) is 17.5. The molecule has 0 bridgehead atoms. The SMILES string of the molecule is COc1cccc(NC(=O)CN(C)C(=O)CN[C@@H](C)c2cccc3ccccc23)c1. The molecule has 0 heterocycles. The van der Waals surface area contributed by atoms with Crippen LogP contribution in [0.2, 0.25) is 0 Å². The first-order valence-electron chi connectivity index (χ1n) is 9.87. The Kier molecular flexibility index (Phi) is 7.03.